The molecule has 0 aromatic heterocycles. The van der Waals surface area contributed by atoms with Crippen LogP contribution in [0.15, 0.2) is 12.1 Å². The highest BCUT2D eigenvalue weighted by molar-refractivity contribution is 5.75. The summed E-state index contributed by atoms with van der Waals surface area (Å²) in [5.41, 5.74) is 2.63. The summed E-state index contributed by atoms with van der Waals surface area (Å²) in [7, 11) is 3.36. The van der Waals surface area contributed by atoms with Crippen LogP contribution < -0.4 is 20.1 Å². The number of rotatable bonds is 2. The molecule has 2 N–H and O–H groups in total. The van der Waals surface area contributed by atoms with Crippen LogP contribution in [-0.4, -0.2) is 27.3 Å². The third-order valence-electron chi connectivity index (χ3n) is 4.75. The molecule has 0 saturated heterocycles. The van der Waals surface area contributed by atoms with Crippen molar-refractivity contribution in [1.82, 2.24) is 0 Å². The second-order valence-corrected chi connectivity index (χ2v) is 6.02. The van der Waals surface area contributed by atoms with E-state index in [1.165, 1.54) is 32.1 Å². The lowest BCUT2D eigenvalue weighted by atomic mass is 9.74. The van der Waals surface area contributed by atoms with E-state index in [1.807, 2.05) is 12.1 Å². The van der Waals surface area contributed by atoms with Crippen LogP contribution in [0.4, 0.5) is 11.4 Å². The van der Waals surface area contributed by atoms with Gasteiger partial charge in [0.2, 0.25) is 0 Å². The number of hydrogen-bond acceptors (Lipinski definition) is 4. The Hall–Kier alpha value is -1.58. The predicted octanol–water partition coefficient (Wildman–Crippen LogP) is 3.49. The van der Waals surface area contributed by atoms with E-state index in [9.17, 15) is 0 Å². The van der Waals surface area contributed by atoms with Gasteiger partial charge in [0.05, 0.1) is 25.6 Å². The Morgan fingerprint density at radius 3 is 1.80 bits per heavy atom. The Bertz CT molecular complexity index is 445. The maximum Gasteiger partial charge on any atom is 0.162 e. The highest BCUT2D eigenvalue weighted by Crippen LogP contribution is 2.42. The van der Waals surface area contributed by atoms with Gasteiger partial charge in [-0.05, 0) is 12.8 Å². The Balaban J connectivity index is 1.86. The van der Waals surface area contributed by atoms with Crippen LogP contribution in [0.25, 0.3) is 0 Å². The molecule has 0 atom stereocenters. The number of benzene rings is 1. The number of nitrogens with one attached hydrogen (secondary N) is 2. The van der Waals surface area contributed by atoms with Crippen LogP contribution in [0, 0.1) is 5.41 Å². The van der Waals surface area contributed by atoms with Crippen molar-refractivity contribution in [3.63, 3.8) is 0 Å². The van der Waals surface area contributed by atoms with Gasteiger partial charge in [-0.1, -0.05) is 19.3 Å². The minimum absolute atomic E-state index is 0.401. The van der Waals surface area contributed by atoms with Crippen LogP contribution in [-0.2, 0) is 0 Å². The van der Waals surface area contributed by atoms with Crippen molar-refractivity contribution in [3.05, 3.63) is 12.1 Å². The molecule has 1 fully saturated rings. The highest BCUT2D eigenvalue weighted by atomic mass is 16.5. The van der Waals surface area contributed by atoms with Gasteiger partial charge < -0.3 is 20.1 Å². The fourth-order valence-electron chi connectivity index (χ4n) is 3.45. The molecule has 1 saturated carbocycles. The Morgan fingerprint density at radius 1 is 0.850 bits per heavy atom. The average Bonchev–Trinajstić information content (AvgIpc) is 2.67. The maximum atomic E-state index is 5.39. The molecule has 0 bridgehead atoms. The molecule has 4 nitrogen and oxygen atoms in total. The van der Waals surface area contributed by atoms with Crippen molar-refractivity contribution < 1.29 is 9.47 Å². The van der Waals surface area contributed by atoms with Gasteiger partial charge >= 0.3 is 0 Å². The van der Waals surface area contributed by atoms with Crippen molar-refractivity contribution in [3.8, 4) is 11.5 Å². The van der Waals surface area contributed by atoms with Gasteiger partial charge in [0, 0.05) is 30.6 Å². The zero-order valence-electron chi connectivity index (χ0n) is 12.4. The average molecular weight is 276 g/mol. The van der Waals surface area contributed by atoms with Crippen LogP contribution in [0.5, 0.6) is 11.5 Å². The number of hydrogen-bond donors (Lipinski definition) is 2. The number of fused-ring (bicyclic) bond motifs is 1. The second kappa shape index (κ2) is 5.43. The second-order valence-electron chi connectivity index (χ2n) is 6.02. The minimum Gasteiger partial charge on any atom is -0.493 e. The van der Waals surface area contributed by atoms with E-state index in [2.05, 4.69) is 10.6 Å². The van der Waals surface area contributed by atoms with Crippen LogP contribution in [0.2, 0.25) is 0 Å². The molecular weight excluding hydrogens is 252 g/mol. The topological polar surface area (TPSA) is 42.5 Å². The smallest absolute Gasteiger partial charge is 0.162 e. The van der Waals surface area contributed by atoms with Gasteiger partial charge in [-0.25, -0.2) is 0 Å². The molecule has 3 rings (SSSR count). The van der Waals surface area contributed by atoms with Crippen LogP contribution in [0.1, 0.15) is 32.1 Å². The quantitative estimate of drug-likeness (QED) is 0.867. The van der Waals surface area contributed by atoms with Crippen LogP contribution in [0.3, 0.4) is 0 Å². The Labute approximate surface area is 120 Å². The summed E-state index contributed by atoms with van der Waals surface area (Å²) in [6.07, 6.45) is 6.72. The van der Waals surface area contributed by atoms with Gasteiger partial charge in [-0.15, -0.1) is 0 Å². The van der Waals surface area contributed by atoms with Gasteiger partial charge in [0.1, 0.15) is 0 Å². The fraction of sp³-hybridized carbons (Fsp3) is 0.625. The first-order valence-corrected chi connectivity index (χ1v) is 7.50. The van der Waals surface area contributed by atoms with Crippen molar-refractivity contribution in [2.45, 2.75) is 32.1 Å². The summed E-state index contributed by atoms with van der Waals surface area (Å²) in [5.74, 6) is 1.56. The molecule has 1 aromatic carbocycles. The summed E-state index contributed by atoms with van der Waals surface area (Å²) >= 11 is 0. The number of anilines is 2. The molecule has 2 aliphatic rings. The lowest BCUT2D eigenvalue weighted by Crippen LogP contribution is -2.36. The maximum absolute atomic E-state index is 5.39. The molecular formula is C16H24N2O2. The van der Waals surface area contributed by atoms with Gasteiger partial charge in [-0.2, -0.15) is 0 Å². The number of ether oxygens (including phenoxy) is 2. The molecule has 1 aliphatic heterocycles. The first kappa shape index (κ1) is 13.4. The predicted molar refractivity (Wildman–Crippen MR) is 82.0 cm³/mol. The lowest BCUT2D eigenvalue weighted by Gasteiger charge is -2.36. The summed E-state index contributed by atoms with van der Waals surface area (Å²) in [5, 5.41) is 7.23. The first-order valence-electron chi connectivity index (χ1n) is 7.50. The fourth-order valence-corrected chi connectivity index (χ4v) is 3.45. The zero-order valence-corrected chi connectivity index (χ0v) is 12.4. The normalized spacial score (nSPS) is 20.3. The molecule has 1 spiro atoms. The third-order valence-corrected chi connectivity index (χ3v) is 4.75. The van der Waals surface area contributed by atoms with E-state index in [-0.39, 0.29) is 0 Å². The van der Waals surface area contributed by atoms with Crippen molar-refractivity contribution >= 4 is 11.4 Å². The third kappa shape index (κ3) is 2.39. The molecule has 4 heteroatoms. The van der Waals surface area contributed by atoms with Gasteiger partial charge in [0.25, 0.3) is 0 Å². The largest absolute Gasteiger partial charge is 0.493 e. The SMILES string of the molecule is COc1cc2c(cc1OC)NCC1(CCCCC1)CN2. The molecule has 20 heavy (non-hydrogen) atoms. The lowest BCUT2D eigenvalue weighted by molar-refractivity contribution is 0.224. The first-order chi connectivity index (χ1) is 9.76. The van der Waals surface area contributed by atoms with Crippen molar-refractivity contribution in [2.75, 3.05) is 37.9 Å². The molecule has 0 amide bonds. The molecule has 110 valence electrons. The van der Waals surface area contributed by atoms with E-state index < -0.39 is 0 Å². The van der Waals surface area contributed by atoms with E-state index in [0.717, 1.165) is 36.0 Å². The summed E-state index contributed by atoms with van der Waals surface area (Å²) in [6.45, 7) is 2.09. The summed E-state index contributed by atoms with van der Waals surface area (Å²) in [4.78, 5) is 0. The molecule has 1 heterocycles. The summed E-state index contributed by atoms with van der Waals surface area (Å²) < 4.78 is 10.8. The molecule has 1 aromatic rings. The van der Waals surface area contributed by atoms with E-state index in [0.29, 0.717) is 5.41 Å². The van der Waals surface area contributed by atoms with Crippen LogP contribution >= 0.6 is 0 Å². The van der Waals surface area contributed by atoms with E-state index >= 15 is 0 Å². The molecule has 1 aliphatic carbocycles. The van der Waals surface area contributed by atoms with E-state index in [1.54, 1.807) is 14.2 Å². The Kier molecular flexibility index (Phi) is 3.64. The van der Waals surface area contributed by atoms with Crippen molar-refractivity contribution in [1.29, 1.82) is 0 Å². The molecule has 0 radical (unpaired) electrons. The monoisotopic (exact) mass is 276 g/mol. The van der Waals surface area contributed by atoms with E-state index in [4.69, 9.17) is 9.47 Å². The number of methoxy groups -OCH3 is 2. The summed E-state index contributed by atoms with van der Waals surface area (Å²) in [6, 6.07) is 4.06. The zero-order chi connectivity index (χ0) is 14.0. The standard InChI is InChI=1S/C16H24N2O2/c1-19-14-8-12-13(9-15(14)20-2)18-11-16(10-17-12)6-4-3-5-7-16/h8-9,17-18H,3-7,10-11H2,1-2H3. The van der Waals surface area contributed by atoms with Crippen molar-refractivity contribution in [2.24, 2.45) is 5.41 Å². The van der Waals surface area contributed by atoms with Gasteiger partial charge in [0.15, 0.2) is 11.5 Å². The highest BCUT2D eigenvalue weighted by Gasteiger charge is 2.34. The molecule has 0 unspecified atom stereocenters. The van der Waals surface area contributed by atoms with Gasteiger partial charge in [-0.3, -0.25) is 0 Å². The minimum atomic E-state index is 0.401. The Morgan fingerprint density at radius 2 is 1.35 bits per heavy atom.